The lowest BCUT2D eigenvalue weighted by Gasteiger charge is -2.18. The first-order chi connectivity index (χ1) is 59.1. The van der Waals surface area contributed by atoms with Crippen LogP contribution >= 0.6 is 12.2 Å². The van der Waals surface area contributed by atoms with Gasteiger partial charge in [-0.3, -0.25) is 4.79 Å². The lowest BCUT2D eigenvalue weighted by atomic mass is 9.93. The third-order valence-corrected chi connectivity index (χ3v) is 23.8. The number of rotatable bonds is 23. The van der Waals surface area contributed by atoms with Crippen LogP contribution in [0.2, 0.25) is 0 Å². The fourth-order valence-electron chi connectivity index (χ4n) is 16.8. The minimum Gasteiger partial charge on any atom is -0.496 e. The number of allylic oxidation sites excluding steroid dienone is 2. The zero-order valence-electron chi connectivity index (χ0n) is 76.9. The summed E-state index contributed by atoms with van der Waals surface area (Å²) in [5, 5.41) is 15.9. The molecule has 0 spiro atoms. The summed E-state index contributed by atoms with van der Waals surface area (Å²) in [4.78, 5) is 26.7. The number of ether oxygens (including phenoxy) is 8. The Kier molecular flexibility index (Phi) is 29.4. The number of ketones is 1. The first kappa shape index (κ1) is 92.0. The van der Waals surface area contributed by atoms with Gasteiger partial charge in [0.2, 0.25) is 0 Å². The van der Waals surface area contributed by atoms with E-state index in [9.17, 15) is 9.59 Å². The number of anilines is 1. The van der Waals surface area contributed by atoms with Crippen LogP contribution in [0.15, 0.2) is 180 Å². The number of aryl methyl sites for hydroxylation is 8. The first-order valence-electron chi connectivity index (χ1n) is 42.0. The van der Waals surface area contributed by atoms with Gasteiger partial charge in [0, 0.05) is 168 Å². The van der Waals surface area contributed by atoms with Crippen molar-refractivity contribution >= 4 is 83.4 Å². The van der Waals surface area contributed by atoms with Crippen molar-refractivity contribution in [2.24, 2.45) is 39.1 Å². The number of aromatic amines is 1. The maximum absolute atomic E-state index is 13.1. The van der Waals surface area contributed by atoms with Gasteiger partial charge in [-0.2, -0.15) is 10.2 Å². The van der Waals surface area contributed by atoms with E-state index in [-0.39, 0.29) is 23.3 Å². The highest BCUT2D eigenvalue weighted by Gasteiger charge is 2.26. The second kappa shape index (κ2) is 39.6. The molecular weight excluding hydrogens is 1570 g/mol. The number of nitrogens with one attached hydrogen (secondary N) is 1. The Morgan fingerprint density at radius 1 is 0.444 bits per heavy atom. The number of H-pyrrole nitrogens is 1. The van der Waals surface area contributed by atoms with Gasteiger partial charge in [0.15, 0.2) is 11.6 Å². The van der Waals surface area contributed by atoms with Gasteiger partial charge in [0.25, 0.3) is 0 Å². The molecule has 1 aliphatic rings. The van der Waals surface area contributed by atoms with E-state index in [0.29, 0.717) is 65.7 Å². The number of carbonyl (C=O) groups excluding carboxylic acids is 1. The minimum absolute atomic E-state index is 0.0593. The van der Waals surface area contributed by atoms with E-state index in [1.807, 2.05) is 80.8 Å². The van der Waals surface area contributed by atoms with Crippen LogP contribution in [0, 0.1) is 27.7 Å². The van der Waals surface area contributed by atoms with E-state index in [4.69, 9.17) is 61.7 Å². The molecule has 15 rings (SSSR count). The molecule has 124 heavy (non-hydrogen) atoms. The van der Waals surface area contributed by atoms with Gasteiger partial charge in [-0.05, 0) is 221 Å². The summed E-state index contributed by atoms with van der Waals surface area (Å²) in [6, 6.07) is 47.1. The molecule has 1 aliphatic carbocycles. The predicted molar refractivity (Wildman–Crippen MR) is 513 cm³/mol. The van der Waals surface area contributed by atoms with Crippen LogP contribution in [0.25, 0.3) is 66.3 Å². The Morgan fingerprint density at radius 3 is 1.28 bits per heavy atom. The zero-order chi connectivity index (χ0) is 90.1. The summed E-state index contributed by atoms with van der Waals surface area (Å²) in [5.41, 5.74) is 32.3. The maximum Gasteiger partial charge on any atom is 0.348 e. The van der Waals surface area contributed by atoms with Crippen LogP contribution in [-0.4, -0.2) is 106 Å². The molecule has 5 heterocycles. The number of aromatic nitrogens is 7. The molecule has 0 radical (unpaired) electrons. The largest absolute Gasteiger partial charge is 0.496 e. The van der Waals surface area contributed by atoms with Crippen molar-refractivity contribution < 1.29 is 42.7 Å². The predicted octanol–water partition coefficient (Wildman–Crippen LogP) is 22.1. The Labute approximate surface area is 735 Å². The summed E-state index contributed by atoms with van der Waals surface area (Å²) >= 11 is 5.82. The molecule has 0 amide bonds. The van der Waals surface area contributed by atoms with Crippen LogP contribution in [0.3, 0.4) is 0 Å². The van der Waals surface area contributed by atoms with Crippen molar-refractivity contribution in [2.75, 3.05) is 62.6 Å². The molecule has 0 saturated heterocycles. The SMILES string of the molecule is COc1cc(OC)c(C(C)C)cc1-c1n[nH]c(=O)n1-c1ccc2c(c1)c(C)cn2C.COc1cc(OC)c(C(C)C)cc1C(=O)Cc1ccc2c(c1)C(C)=CC2C.COc1cc(OC)c(C(C)C)cc1C(=S)Cc1ccc2c(c1)c(C)cn2C.COc1cc(OC)c(C(C)C)cc1C(Cc1ccc2c(c1)c(C)cn2C)=NN.Cc1cn(C)c2ccc(N)cc12. The second-order valence-electron chi connectivity index (χ2n) is 33.4. The highest BCUT2D eigenvalue weighted by Crippen LogP contribution is 2.43. The first-order valence-corrected chi connectivity index (χ1v) is 42.4. The fourth-order valence-corrected chi connectivity index (χ4v) is 17.2. The number of Topliss-reactive ketones (excluding diaryl/α,β-unsaturated/α-hetero) is 1. The summed E-state index contributed by atoms with van der Waals surface area (Å²) in [6.45, 7) is 29.7. The van der Waals surface area contributed by atoms with E-state index in [0.717, 1.165) is 117 Å². The summed E-state index contributed by atoms with van der Waals surface area (Å²) in [6.07, 6.45) is 12.5. The number of hydrogen-bond donors (Lipinski definition) is 3. The van der Waals surface area contributed by atoms with Gasteiger partial charge in [-0.25, -0.2) is 14.5 Å². The van der Waals surface area contributed by atoms with Crippen molar-refractivity contribution in [3.63, 3.8) is 0 Å². The van der Waals surface area contributed by atoms with Gasteiger partial charge in [0.1, 0.15) is 46.0 Å². The normalized spacial score (nSPS) is 12.4. The zero-order valence-corrected chi connectivity index (χ0v) is 77.8. The molecule has 0 fully saturated rings. The van der Waals surface area contributed by atoms with Crippen LogP contribution in [0.5, 0.6) is 46.0 Å². The second-order valence-corrected chi connectivity index (χ2v) is 33.9. The molecule has 14 aromatic rings. The third kappa shape index (κ3) is 19.6. The monoisotopic (exact) mass is 1690 g/mol. The number of hydrazone groups is 1. The summed E-state index contributed by atoms with van der Waals surface area (Å²) < 4.78 is 54.5. The molecule has 0 saturated carbocycles. The van der Waals surface area contributed by atoms with Gasteiger partial charge in [0.05, 0.1) is 79.4 Å². The highest BCUT2D eigenvalue weighted by atomic mass is 32.1. The number of fused-ring (bicyclic) bond motifs is 5. The number of hydrogen-bond acceptors (Lipinski definition) is 15. The topological polar surface area (TPSA) is 226 Å². The number of nitrogens with two attached hydrogens (primary N) is 2. The number of carbonyl (C=O) groups is 1. The highest BCUT2D eigenvalue weighted by molar-refractivity contribution is 7.80. The van der Waals surface area contributed by atoms with E-state index < -0.39 is 0 Å². The number of nitrogens with zero attached hydrogens (tertiary/aromatic N) is 7. The lowest BCUT2D eigenvalue weighted by Crippen LogP contribution is -2.16. The van der Waals surface area contributed by atoms with Crippen LogP contribution in [0.1, 0.15) is 193 Å². The Hall–Kier alpha value is -12.8. The van der Waals surface area contributed by atoms with Gasteiger partial charge < -0.3 is 67.7 Å². The quantitative estimate of drug-likeness (QED) is 0.0135. The fraction of sp³-hybridized carbons (Fsp3) is 0.330. The lowest BCUT2D eigenvalue weighted by molar-refractivity contribution is 0.0989. The Balaban J connectivity index is 0.000000154. The van der Waals surface area contributed by atoms with Gasteiger partial charge >= 0.3 is 5.69 Å². The molecule has 9 aromatic carbocycles. The molecular formula is C103H122N10O10S. The number of methoxy groups -OCH3 is 8. The van der Waals surface area contributed by atoms with E-state index in [2.05, 4.69) is 248 Å². The van der Waals surface area contributed by atoms with E-state index in [1.54, 1.807) is 61.4 Å². The van der Waals surface area contributed by atoms with Crippen LogP contribution < -0.4 is 55.2 Å². The van der Waals surface area contributed by atoms with Crippen molar-refractivity contribution in [2.45, 2.75) is 146 Å². The average molecular weight is 1690 g/mol. The van der Waals surface area contributed by atoms with E-state index >= 15 is 0 Å². The molecule has 0 bridgehead atoms. The number of benzene rings is 9. The summed E-state index contributed by atoms with van der Waals surface area (Å²) in [7, 11) is 21.4. The number of thiocarbonyl (C=S) groups is 1. The van der Waals surface area contributed by atoms with Crippen LogP contribution in [0.4, 0.5) is 5.69 Å². The molecule has 5 N–H and O–H groups in total. The molecule has 5 aromatic heterocycles. The molecule has 650 valence electrons. The summed E-state index contributed by atoms with van der Waals surface area (Å²) in [5.74, 6) is 13.7. The Bertz CT molecular complexity index is 6410. The number of nitrogen functional groups attached to an aromatic ring is 1. The smallest absolute Gasteiger partial charge is 0.348 e. The molecule has 1 atom stereocenters. The van der Waals surface area contributed by atoms with Crippen molar-refractivity contribution in [1.82, 2.24) is 33.0 Å². The average Bonchev–Trinajstić information content (AvgIpc) is 1.56. The van der Waals surface area contributed by atoms with Gasteiger partial charge in [-0.1, -0.05) is 111 Å². The maximum atomic E-state index is 13.1. The van der Waals surface area contributed by atoms with E-state index in [1.165, 1.54) is 71.7 Å². The molecule has 0 aliphatic heterocycles. The van der Waals surface area contributed by atoms with Crippen molar-refractivity contribution in [1.29, 1.82) is 0 Å². The van der Waals surface area contributed by atoms with Gasteiger partial charge in [-0.15, -0.1) is 0 Å². The molecule has 1 unspecified atom stereocenters. The third-order valence-electron chi connectivity index (χ3n) is 23.5. The molecule has 20 nitrogen and oxygen atoms in total. The molecule has 21 heteroatoms. The van der Waals surface area contributed by atoms with Crippen LogP contribution in [-0.2, 0) is 47.5 Å². The standard InChI is InChI=1S/C24H28O3.C23H26N4O3.C23H29N3O2.C23H27NO2S.C10H12N2/c1-14(2)19-12-21(24(27-6)13-23(19)26-5)22(25)11-17-7-8-18-15(3)9-16(4)20(18)10-17;1-13(2)16-10-18(21(30-6)11-20(16)29-5)22-24-25-23(28)27(22)15-7-8-19-17(9-15)14(3)12-26(19)4;1-14(2)17-11-19(23(28-6)12-22(17)27-5)20(25-24)10-16-7-8-21-18(9-16)15(3)13-26(21)4;1-14(2)17-11-19(22(26-6)12-21(17)25-5)23(27)10-16-7-8-20-18(9-16)15(3)13-24(20)4;1-7-6-12(2)10-4-3-8(11)5-9(7)10/h7-10,12-15H,11H2,1-6H3;7-13H,1-6H3,(H,25,28);7-9,11-14H,10,24H2,1-6H3;7-9,11-14H,10H2,1-6H3;3-6H,11H2,1-2H3. The Morgan fingerprint density at radius 2 is 0.823 bits per heavy atom. The van der Waals surface area contributed by atoms with Crippen molar-refractivity contribution in [3.8, 4) is 63.1 Å². The minimum atomic E-state index is -0.304. The van der Waals surface area contributed by atoms with Crippen molar-refractivity contribution in [3.05, 3.63) is 270 Å².